The number of benzene rings is 1. The van der Waals surface area contributed by atoms with Crippen molar-refractivity contribution < 1.29 is 19.5 Å². The average molecular weight is 293 g/mol. The molecule has 1 aromatic carbocycles. The van der Waals surface area contributed by atoms with Crippen LogP contribution in [0.15, 0.2) is 24.3 Å². The summed E-state index contributed by atoms with van der Waals surface area (Å²) in [4.78, 5) is 35.5. The number of aliphatic carboxylic acids is 1. The van der Waals surface area contributed by atoms with E-state index in [2.05, 4.69) is 5.32 Å². The Labute approximate surface area is 122 Å². The molecule has 0 saturated heterocycles. The van der Waals surface area contributed by atoms with E-state index in [1.54, 1.807) is 19.1 Å². The van der Waals surface area contributed by atoms with Gasteiger partial charge in [0.15, 0.2) is 0 Å². The lowest BCUT2D eigenvalue weighted by Gasteiger charge is -2.25. The van der Waals surface area contributed by atoms with Crippen LogP contribution in [0.3, 0.4) is 0 Å². The molecular formula is C14H19N3O4. The van der Waals surface area contributed by atoms with Gasteiger partial charge in [0.05, 0.1) is 6.42 Å². The molecule has 0 aliphatic rings. The van der Waals surface area contributed by atoms with Crippen LogP contribution in [-0.2, 0) is 9.59 Å². The highest BCUT2D eigenvalue weighted by atomic mass is 16.4. The summed E-state index contributed by atoms with van der Waals surface area (Å²) in [6, 6.07) is 5.33. The molecule has 0 bridgehead atoms. The number of nitrogens with two attached hydrogens (primary N) is 1. The van der Waals surface area contributed by atoms with Crippen molar-refractivity contribution >= 4 is 23.6 Å². The third-order valence-electron chi connectivity index (χ3n) is 2.97. The van der Waals surface area contributed by atoms with E-state index in [-0.39, 0.29) is 0 Å². The summed E-state index contributed by atoms with van der Waals surface area (Å²) in [5, 5.41) is 11.3. The number of amides is 3. The van der Waals surface area contributed by atoms with Gasteiger partial charge in [-0.25, -0.2) is 9.59 Å². The summed E-state index contributed by atoms with van der Waals surface area (Å²) < 4.78 is 0. The Bertz CT molecular complexity index is 545. The van der Waals surface area contributed by atoms with Crippen molar-refractivity contribution in [2.75, 3.05) is 11.4 Å². The number of hydrogen-bond donors (Lipinski definition) is 3. The fourth-order valence-corrected chi connectivity index (χ4v) is 1.92. The van der Waals surface area contributed by atoms with Crippen LogP contribution < -0.4 is 16.0 Å². The molecule has 0 radical (unpaired) electrons. The van der Waals surface area contributed by atoms with E-state index in [1.165, 1.54) is 4.90 Å². The molecule has 4 N–H and O–H groups in total. The highest BCUT2D eigenvalue weighted by Crippen LogP contribution is 2.19. The molecule has 1 aromatic rings. The van der Waals surface area contributed by atoms with Crippen LogP contribution in [0.2, 0.25) is 0 Å². The molecule has 0 unspecified atom stereocenters. The SMILES string of the molecule is CCN(C(=O)N[C@@H](CC(N)=O)C(=O)O)c1ccccc1C. The number of hydrogen-bond acceptors (Lipinski definition) is 3. The predicted molar refractivity (Wildman–Crippen MR) is 78.0 cm³/mol. The van der Waals surface area contributed by atoms with Crippen LogP contribution in [0.4, 0.5) is 10.5 Å². The van der Waals surface area contributed by atoms with Crippen LogP contribution in [0.25, 0.3) is 0 Å². The summed E-state index contributed by atoms with van der Waals surface area (Å²) in [6.45, 7) is 3.98. The Kier molecular flexibility index (Phi) is 5.71. The Morgan fingerprint density at radius 3 is 2.43 bits per heavy atom. The molecule has 114 valence electrons. The molecule has 3 amide bonds. The zero-order valence-electron chi connectivity index (χ0n) is 12.0. The van der Waals surface area contributed by atoms with E-state index in [0.29, 0.717) is 12.2 Å². The van der Waals surface area contributed by atoms with Gasteiger partial charge in [-0.15, -0.1) is 0 Å². The molecule has 0 saturated carbocycles. The summed E-state index contributed by atoms with van der Waals surface area (Å²) >= 11 is 0. The first-order chi connectivity index (χ1) is 9.86. The summed E-state index contributed by atoms with van der Waals surface area (Å²) in [6.07, 6.45) is -0.452. The number of carboxylic acid groups (broad SMARTS) is 1. The lowest BCUT2D eigenvalue weighted by molar-refractivity contribution is -0.140. The van der Waals surface area contributed by atoms with Crippen molar-refractivity contribution in [1.82, 2.24) is 5.32 Å². The number of nitrogens with zero attached hydrogens (tertiary/aromatic N) is 1. The molecule has 0 spiro atoms. The number of primary amides is 1. The van der Waals surface area contributed by atoms with Crippen molar-refractivity contribution in [3.8, 4) is 0 Å². The summed E-state index contributed by atoms with van der Waals surface area (Å²) in [5.74, 6) is -2.09. The van der Waals surface area contributed by atoms with Crippen molar-refractivity contribution in [2.45, 2.75) is 26.3 Å². The molecule has 0 fully saturated rings. The van der Waals surface area contributed by atoms with Crippen LogP contribution in [0, 0.1) is 6.92 Å². The van der Waals surface area contributed by atoms with Gasteiger partial charge < -0.3 is 16.2 Å². The topological polar surface area (TPSA) is 113 Å². The Hall–Kier alpha value is -2.57. The minimum Gasteiger partial charge on any atom is -0.480 e. The zero-order valence-corrected chi connectivity index (χ0v) is 12.0. The molecule has 0 aliphatic heterocycles. The Morgan fingerprint density at radius 1 is 1.33 bits per heavy atom. The highest BCUT2D eigenvalue weighted by Gasteiger charge is 2.25. The smallest absolute Gasteiger partial charge is 0.326 e. The van der Waals surface area contributed by atoms with Crippen LogP contribution >= 0.6 is 0 Å². The van der Waals surface area contributed by atoms with E-state index in [0.717, 1.165) is 5.56 Å². The van der Waals surface area contributed by atoms with E-state index in [1.807, 2.05) is 19.1 Å². The van der Waals surface area contributed by atoms with Crippen molar-refractivity contribution in [3.63, 3.8) is 0 Å². The number of anilines is 1. The molecule has 0 heterocycles. The van der Waals surface area contributed by atoms with Crippen LogP contribution in [-0.4, -0.2) is 35.6 Å². The molecule has 7 nitrogen and oxygen atoms in total. The average Bonchev–Trinajstić information content (AvgIpc) is 2.40. The molecule has 7 heteroatoms. The third kappa shape index (κ3) is 4.48. The number of carbonyl (C=O) groups is 3. The first-order valence-electron chi connectivity index (χ1n) is 6.51. The van der Waals surface area contributed by atoms with Crippen molar-refractivity contribution in [3.05, 3.63) is 29.8 Å². The van der Waals surface area contributed by atoms with E-state index >= 15 is 0 Å². The zero-order chi connectivity index (χ0) is 16.0. The van der Waals surface area contributed by atoms with Gasteiger partial charge in [-0.05, 0) is 25.5 Å². The van der Waals surface area contributed by atoms with Gasteiger partial charge in [-0.2, -0.15) is 0 Å². The van der Waals surface area contributed by atoms with Crippen molar-refractivity contribution in [2.24, 2.45) is 5.73 Å². The molecule has 1 atom stereocenters. The number of nitrogens with one attached hydrogen (secondary N) is 1. The fraction of sp³-hybridized carbons (Fsp3) is 0.357. The van der Waals surface area contributed by atoms with Crippen molar-refractivity contribution in [1.29, 1.82) is 0 Å². The minimum absolute atomic E-state index is 0.361. The summed E-state index contributed by atoms with van der Waals surface area (Å²) in [7, 11) is 0. The maximum absolute atomic E-state index is 12.2. The van der Waals surface area contributed by atoms with Crippen LogP contribution in [0.5, 0.6) is 0 Å². The van der Waals surface area contributed by atoms with Crippen LogP contribution in [0.1, 0.15) is 18.9 Å². The van der Waals surface area contributed by atoms with E-state index in [9.17, 15) is 14.4 Å². The van der Waals surface area contributed by atoms with Gasteiger partial charge in [0.1, 0.15) is 6.04 Å². The van der Waals surface area contributed by atoms with Gasteiger partial charge in [0, 0.05) is 12.2 Å². The normalized spacial score (nSPS) is 11.5. The third-order valence-corrected chi connectivity index (χ3v) is 2.97. The fourth-order valence-electron chi connectivity index (χ4n) is 1.92. The number of carbonyl (C=O) groups excluding carboxylic acids is 2. The molecule has 0 aliphatic carbocycles. The largest absolute Gasteiger partial charge is 0.480 e. The number of rotatable bonds is 6. The number of urea groups is 1. The second-order valence-corrected chi connectivity index (χ2v) is 4.54. The number of para-hydroxylation sites is 1. The predicted octanol–water partition coefficient (Wildman–Crippen LogP) is 0.860. The lowest BCUT2D eigenvalue weighted by Crippen LogP contribution is -2.49. The second-order valence-electron chi connectivity index (χ2n) is 4.54. The lowest BCUT2D eigenvalue weighted by atomic mass is 10.2. The van der Waals surface area contributed by atoms with E-state index in [4.69, 9.17) is 10.8 Å². The monoisotopic (exact) mass is 293 g/mol. The second kappa shape index (κ2) is 7.28. The number of carboxylic acids is 1. The van der Waals surface area contributed by atoms with Gasteiger partial charge in [0.2, 0.25) is 5.91 Å². The Morgan fingerprint density at radius 2 is 1.95 bits per heavy atom. The van der Waals surface area contributed by atoms with Gasteiger partial charge in [-0.1, -0.05) is 18.2 Å². The van der Waals surface area contributed by atoms with Gasteiger partial charge in [0.25, 0.3) is 0 Å². The maximum Gasteiger partial charge on any atom is 0.326 e. The molecular weight excluding hydrogens is 274 g/mol. The molecule has 0 aromatic heterocycles. The van der Waals surface area contributed by atoms with Gasteiger partial charge in [-0.3, -0.25) is 9.69 Å². The first kappa shape index (κ1) is 16.5. The highest BCUT2D eigenvalue weighted by molar-refractivity contribution is 5.96. The minimum atomic E-state index is -1.34. The first-order valence-corrected chi connectivity index (χ1v) is 6.51. The molecule has 21 heavy (non-hydrogen) atoms. The standard InChI is InChI=1S/C14H19N3O4/c1-3-17(11-7-5-4-6-9(11)2)14(21)16-10(13(19)20)8-12(15)18/h4-7,10H,3,8H2,1-2H3,(H2,15,18)(H,16,21)(H,19,20)/t10-/m0/s1. The number of aryl methyl sites for hydroxylation is 1. The summed E-state index contributed by atoms with van der Waals surface area (Å²) in [5.41, 5.74) is 6.55. The Balaban J connectivity index is 2.91. The van der Waals surface area contributed by atoms with Gasteiger partial charge >= 0.3 is 12.0 Å². The molecule has 1 rings (SSSR count). The van der Waals surface area contributed by atoms with E-state index < -0.39 is 30.4 Å². The quantitative estimate of drug-likeness (QED) is 0.722. The maximum atomic E-state index is 12.2.